The van der Waals surface area contributed by atoms with Gasteiger partial charge in [0.05, 0.1) is 115 Å². The number of carbonyl (C=O) groups excluding carboxylic acids is 5. The molecule has 5 amide bonds. The number of fused-ring (bicyclic) bond motifs is 5. The Labute approximate surface area is 778 Å². The number of likely N-dealkylation sites (N-methyl/N-ethyl adjacent to an activating group) is 5. The molecule has 0 saturated carbocycles. The van der Waals surface area contributed by atoms with Gasteiger partial charge in [-0.3, -0.25) is 24.0 Å². The Hall–Kier alpha value is -13.1. The SMILES string of the molecule is [2H]c1c(C([2H])([2H])[2H])c([2H])n2c(C([2H])([2H])C(=O)N(C([2H])([2H])[2H])C([2H])([2H])[2H])c(-c3ccc(C([2H])([2H])[2H])cc3)nc2c1[2H].[2H]c1c(C([2H])([2H])[2H])c([2H])n2c(C([2H])([2H])C(=O)N(C([2H])([2H])[2H])C([2H])([2H])[2H])c(-c3ccc(C)cc3)nc2c1[2H].[2H]c1c(C)c([2H])n2c(C([2H])([2H])C(=O)N(C([2H])([2H])[2H])C([2H])([2H])[2H])c(-c3ccc(C([2H])([2H])[2H])cc3)nc2c1[2H].[2H]c1c(C)c([2H])n2c(C([2H])([2H])C(=O)N(C([2H])([2H])[2H])C([2H])([2H])[2H])c(-c3ccc(C)cc3)nc2c1[2H].[2H]c1c([2H])c(C([2H])([2H])[2H])c([2H])c([2H])c1-c1nc2c([2H])c([2H])c(C([2H])([2H])[2H])c([2H])n2c1C([2H])([2H])C(=O)N(C)C([2H])([2H])[2H]. The average Bonchev–Trinajstić information content (AvgIpc) is 1.53. The molecule has 0 aliphatic heterocycles. The van der Waals surface area contributed by atoms with Crippen LogP contribution in [0.5, 0.6) is 0 Å². The molecule has 0 atom stereocenters. The number of hydrogen-bond acceptors (Lipinski definition) is 10. The van der Waals surface area contributed by atoms with Gasteiger partial charge in [0.15, 0.2) is 0 Å². The maximum absolute atomic E-state index is 13.4. The number of amides is 5. The Morgan fingerprint density at radius 1 is 0.270 bits per heavy atom. The lowest BCUT2D eigenvalue weighted by Crippen LogP contribution is -2.24. The number of hydrogen-bond donors (Lipinski definition) is 0. The summed E-state index contributed by atoms with van der Waals surface area (Å²) in [6.07, 6.45) is -21.5. The Morgan fingerprint density at radius 2 is 0.478 bits per heavy atom. The zero-order valence-electron chi connectivity index (χ0n) is 134. The summed E-state index contributed by atoms with van der Waals surface area (Å²) in [5.41, 5.74) is -12.5. The first-order chi connectivity index (χ1) is 84.7. The van der Waals surface area contributed by atoms with Gasteiger partial charge in [-0.15, -0.1) is 0 Å². The number of rotatable bonds is 15. The molecule has 0 fully saturated rings. The molecule has 20 heteroatoms. The van der Waals surface area contributed by atoms with Gasteiger partial charge in [0.1, 0.15) is 28.2 Å². The molecule has 15 aromatic rings. The van der Waals surface area contributed by atoms with Crippen molar-refractivity contribution in [1.82, 2.24) is 71.4 Å². The van der Waals surface area contributed by atoms with Gasteiger partial charge in [0.25, 0.3) is 0 Å². The second kappa shape index (κ2) is 36.2. The van der Waals surface area contributed by atoms with E-state index < -0.39 is 385 Å². The standard InChI is InChI=1S/5C19H21N3O/c5*1-13-5-8-15(9-6-13)19-16(11-18(23)21(3)4)22-12-14(2)7-10-17(22)20-19/h5*5-10,12H,11H2,1-4H3/i1D3,2D3,3D3,5D,6D,7D,8D,9D,10D,11D2,12D;1D3,2D3,3D3,4D3,7D,10D,11D2,12D;2D3,3D3,4D3,7D,10D,11D2,12D;1D3,3D3,4D3,7D,10D,11D2,12D;3D3,4D3,7D,10D,11D2,12D. The largest absolute Gasteiger partial charge is 0.348 e. The fourth-order valence-electron chi connectivity index (χ4n) is 10.0. The van der Waals surface area contributed by atoms with Crippen LogP contribution in [0.2, 0.25) is 0 Å². The molecule has 0 aliphatic carbocycles. The molecule has 0 aliphatic rings. The first-order valence-corrected chi connectivity index (χ1v) is 32.5. The van der Waals surface area contributed by atoms with Gasteiger partial charge in [0.2, 0.25) is 29.5 Å². The molecular weight excluding hydrogens is 1430 g/mol. The highest BCUT2D eigenvalue weighted by Crippen LogP contribution is 2.32. The number of imidazole rings is 5. The van der Waals surface area contributed by atoms with E-state index in [1.54, 1.807) is 50.2 Å². The molecule has 15 rings (SSSR count). The normalized spacial score (nSPS) is 22.6. The highest BCUT2D eigenvalue weighted by atomic mass is 16.2. The highest BCUT2D eigenvalue weighted by molar-refractivity contribution is 5.85. The van der Waals surface area contributed by atoms with Crippen molar-refractivity contribution in [3.05, 3.63) is 297 Å². The summed E-state index contributed by atoms with van der Waals surface area (Å²) in [6.45, 7) is -43.2. The zero-order chi connectivity index (χ0) is 146. The fraction of sp³-hybridized carbons (Fsp3) is 0.263. The van der Waals surface area contributed by atoms with Crippen LogP contribution in [-0.2, 0) is 55.8 Å². The van der Waals surface area contributed by atoms with Crippen molar-refractivity contribution in [1.29, 1.82) is 0 Å². The summed E-state index contributed by atoms with van der Waals surface area (Å²) >= 11 is 0. The summed E-state index contributed by atoms with van der Waals surface area (Å²) in [5.74, 6) is -9.73. The van der Waals surface area contributed by atoms with E-state index in [4.69, 9.17) is 101 Å². The van der Waals surface area contributed by atoms with Gasteiger partial charge in [-0.05, 0) is 127 Å². The first kappa shape index (κ1) is 30.0. The van der Waals surface area contributed by atoms with Crippen LogP contribution in [0.4, 0.5) is 0 Å². The third-order valence-corrected chi connectivity index (χ3v) is 15.3. The van der Waals surface area contributed by atoms with Crippen LogP contribution in [0.25, 0.3) is 84.5 Å². The van der Waals surface area contributed by atoms with Crippen molar-refractivity contribution in [3.63, 3.8) is 0 Å². The summed E-state index contributed by atoms with van der Waals surface area (Å²) in [4.78, 5) is 84.8. The number of benzene rings is 5. The second-order valence-corrected chi connectivity index (χ2v) is 23.7. The lowest BCUT2D eigenvalue weighted by atomic mass is 10.1. The molecule has 0 spiro atoms. The van der Waals surface area contributed by atoms with Crippen molar-refractivity contribution >= 4 is 57.8 Å². The van der Waals surface area contributed by atoms with E-state index in [0.717, 1.165) is 51.2 Å². The molecule has 0 radical (unpaired) electrons. The van der Waals surface area contributed by atoms with Crippen LogP contribution < -0.4 is 0 Å². The van der Waals surface area contributed by atoms with Gasteiger partial charge < -0.3 is 46.5 Å². The minimum atomic E-state index is -3.67. The highest BCUT2D eigenvalue weighted by Gasteiger charge is 2.24. The molecule has 590 valence electrons. The summed E-state index contributed by atoms with van der Waals surface area (Å²) < 4.78 is 588. The predicted octanol–water partition coefficient (Wildman–Crippen LogP) is 16.2. The zero-order valence-corrected chi connectivity index (χ0v) is 60.0. The molecule has 0 N–H and O–H groups in total. The van der Waals surface area contributed by atoms with E-state index in [2.05, 4.69) is 24.9 Å². The molecule has 10 aromatic heterocycles. The van der Waals surface area contributed by atoms with E-state index in [0.29, 0.717) is 18.8 Å². The summed E-state index contributed by atoms with van der Waals surface area (Å²) in [6, 6.07) is 10.7. The smallest absolute Gasteiger partial charge is 0.228 e. The minimum Gasteiger partial charge on any atom is -0.348 e. The first-order valence-electron chi connectivity index (χ1n) is 69.5. The van der Waals surface area contributed by atoms with E-state index >= 15 is 0 Å². The Balaban J connectivity index is 0.000000219. The van der Waals surface area contributed by atoms with Crippen LogP contribution in [0, 0.1) is 68.8 Å². The van der Waals surface area contributed by atoms with Gasteiger partial charge in [-0.1, -0.05) is 179 Å². The predicted molar refractivity (Wildman–Crippen MR) is 463 cm³/mol. The van der Waals surface area contributed by atoms with Crippen LogP contribution >= 0.6 is 0 Å². The van der Waals surface area contributed by atoms with Crippen LogP contribution in [0.1, 0.15) is 186 Å². The molecule has 20 nitrogen and oxygen atoms in total. The minimum absolute atomic E-state index is 0.00152. The lowest BCUT2D eigenvalue weighted by molar-refractivity contribution is -0.128. The van der Waals surface area contributed by atoms with Crippen LogP contribution in [0.15, 0.2) is 213 Å². The van der Waals surface area contributed by atoms with E-state index in [1.165, 1.54) is 50.2 Å². The van der Waals surface area contributed by atoms with Crippen LogP contribution in [0.3, 0.4) is 0 Å². The number of aromatic nitrogens is 10. The molecule has 0 saturated heterocycles. The maximum atomic E-state index is 13.4. The fourth-order valence-corrected chi connectivity index (χ4v) is 10.0. The Kier molecular flexibility index (Phi) is 9.44. The van der Waals surface area contributed by atoms with Crippen molar-refractivity contribution < 1.29 is 125 Å². The van der Waals surface area contributed by atoms with E-state index in [-0.39, 0.29) is 72.6 Å². The third-order valence-electron chi connectivity index (χ3n) is 15.3. The van der Waals surface area contributed by atoms with Crippen LogP contribution in [-0.4, -0.2) is 171 Å². The summed E-state index contributed by atoms with van der Waals surface area (Å²) in [5, 5.41) is 0. The topological polar surface area (TPSA) is 188 Å². The molecule has 10 heterocycles. The molecule has 5 aromatic carbocycles. The van der Waals surface area contributed by atoms with Crippen molar-refractivity contribution in [2.75, 3.05) is 69.8 Å². The Morgan fingerprint density at radius 3 is 0.722 bits per heavy atom. The summed E-state index contributed by atoms with van der Waals surface area (Å²) in [7, 11) is 0.726. The number of aryl methyl sites for hydroxylation is 4. The van der Waals surface area contributed by atoms with Crippen molar-refractivity contribution in [3.8, 4) is 56.3 Å². The average molecular weight is 1610 g/mol. The number of carbonyl (C=O) groups is 5. The number of nitrogens with zero attached hydrogens (tertiary/aromatic N) is 15. The lowest BCUT2D eigenvalue weighted by Gasteiger charge is -2.11. The van der Waals surface area contributed by atoms with Crippen molar-refractivity contribution in [2.45, 2.75) is 101 Å². The van der Waals surface area contributed by atoms with Gasteiger partial charge in [-0.2, -0.15) is 0 Å². The van der Waals surface area contributed by atoms with Gasteiger partial charge in [0, 0.05) is 204 Å². The molecule has 0 unspecified atom stereocenters. The van der Waals surface area contributed by atoms with Gasteiger partial charge >= 0.3 is 0 Å². The number of pyridine rings is 5. The van der Waals surface area contributed by atoms with Gasteiger partial charge in [-0.25, -0.2) is 24.9 Å². The maximum Gasteiger partial charge on any atom is 0.228 e. The second-order valence-electron chi connectivity index (χ2n) is 23.7. The van der Waals surface area contributed by atoms with Crippen molar-refractivity contribution in [2.24, 2.45) is 0 Å². The van der Waals surface area contributed by atoms with E-state index in [9.17, 15) is 24.0 Å². The van der Waals surface area contributed by atoms with E-state index in [1.807, 2.05) is 0 Å². The molecule has 115 heavy (non-hydrogen) atoms. The molecular formula is C95H105N15O5. The third kappa shape index (κ3) is 20.0. The molecule has 0 bridgehead atoms. The Bertz CT molecular complexity index is 9470. The monoisotopic (exact) mass is 1610 g/mol. The quantitative estimate of drug-likeness (QED) is 0.0955.